The van der Waals surface area contributed by atoms with Crippen LogP contribution >= 0.6 is 0 Å². The monoisotopic (exact) mass is 339 g/mol. The van der Waals surface area contributed by atoms with Gasteiger partial charge < -0.3 is 15.4 Å². The Bertz CT molecular complexity index is 817. The van der Waals surface area contributed by atoms with Gasteiger partial charge in [0, 0.05) is 18.3 Å². The molecular formula is C18H17N3O4. The van der Waals surface area contributed by atoms with Crippen molar-refractivity contribution in [1.82, 2.24) is 0 Å². The number of nitrogens with zero attached hydrogens (tertiary/aromatic N) is 1. The van der Waals surface area contributed by atoms with E-state index in [9.17, 15) is 14.4 Å². The van der Waals surface area contributed by atoms with Crippen LogP contribution in [0.3, 0.4) is 0 Å². The van der Waals surface area contributed by atoms with Crippen molar-refractivity contribution in [3.05, 3.63) is 48.5 Å². The Hall–Kier alpha value is -3.35. The number of nitrogens with one attached hydrogen (secondary N) is 2. The first kappa shape index (κ1) is 16.5. The number of ether oxygens (including phenoxy) is 1. The second-order valence-corrected chi connectivity index (χ2v) is 5.54. The molecule has 0 aromatic heterocycles. The Morgan fingerprint density at radius 1 is 1.04 bits per heavy atom. The summed E-state index contributed by atoms with van der Waals surface area (Å²) in [7, 11) is 0. The van der Waals surface area contributed by atoms with Gasteiger partial charge in [0.15, 0.2) is 6.61 Å². The van der Waals surface area contributed by atoms with Crippen LogP contribution in [0.5, 0.6) is 5.75 Å². The largest absolute Gasteiger partial charge is 0.482 e. The van der Waals surface area contributed by atoms with Gasteiger partial charge in [0.1, 0.15) is 12.3 Å². The molecule has 2 aromatic rings. The predicted octanol–water partition coefficient (Wildman–Crippen LogP) is 2.01. The summed E-state index contributed by atoms with van der Waals surface area (Å²) < 4.78 is 5.35. The van der Waals surface area contributed by atoms with Crippen LogP contribution < -0.4 is 20.3 Å². The highest BCUT2D eigenvalue weighted by atomic mass is 16.5. The molecule has 7 heteroatoms. The number of benzene rings is 2. The van der Waals surface area contributed by atoms with Gasteiger partial charge in [-0.05, 0) is 36.4 Å². The number of amides is 3. The van der Waals surface area contributed by atoms with Gasteiger partial charge in [0.2, 0.25) is 11.8 Å². The van der Waals surface area contributed by atoms with Crippen molar-refractivity contribution in [3.8, 4) is 5.75 Å². The summed E-state index contributed by atoms with van der Waals surface area (Å²) in [4.78, 5) is 36.8. The van der Waals surface area contributed by atoms with Crippen LogP contribution in [0.1, 0.15) is 6.92 Å². The maximum absolute atomic E-state index is 12.3. The van der Waals surface area contributed by atoms with Gasteiger partial charge in [-0.3, -0.25) is 19.3 Å². The molecule has 0 spiro atoms. The normalized spacial score (nSPS) is 12.8. The summed E-state index contributed by atoms with van der Waals surface area (Å²) in [6, 6.07) is 13.8. The van der Waals surface area contributed by atoms with Gasteiger partial charge in [0.05, 0.1) is 5.69 Å². The van der Waals surface area contributed by atoms with Crippen LogP contribution in [0.25, 0.3) is 0 Å². The van der Waals surface area contributed by atoms with E-state index in [0.29, 0.717) is 22.8 Å². The molecule has 1 aliphatic heterocycles. The minimum Gasteiger partial charge on any atom is -0.482 e. The topological polar surface area (TPSA) is 87.7 Å². The number of carbonyl (C=O) groups is 3. The lowest BCUT2D eigenvalue weighted by atomic mass is 10.2. The van der Waals surface area contributed by atoms with E-state index in [4.69, 9.17) is 4.74 Å². The molecule has 3 rings (SSSR count). The summed E-state index contributed by atoms with van der Waals surface area (Å²) in [6.45, 7) is 1.23. The minimum absolute atomic E-state index is 0.0876. The zero-order chi connectivity index (χ0) is 17.8. The third-order valence-electron chi connectivity index (χ3n) is 3.60. The molecule has 0 aliphatic carbocycles. The van der Waals surface area contributed by atoms with Crippen molar-refractivity contribution in [2.24, 2.45) is 0 Å². The fourth-order valence-electron chi connectivity index (χ4n) is 2.51. The fraction of sp³-hybridized carbons (Fsp3) is 0.167. The van der Waals surface area contributed by atoms with Crippen LogP contribution in [-0.2, 0) is 14.4 Å². The number of carbonyl (C=O) groups excluding carboxylic acids is 3. The SMILES string of the molecule is CC(=O)Nc1ccc(NC(=O)CN2C(=O)COc3ccccc32)cc1. The minimum atomic E-state index is -0.322. The number of hydrogen-bond acceptors (Lipinski definition) is 4. The average Bonchev–Trinajstić information content (AvgIpc) is 2.59. The van der Waals surface area contributed by atoms with Crippen molar-refractivity contribution < 1.29 is 19.1 Å². The second kappa shape index (κ2) is 7.04. The maximum atomic E-state index is 12.3. The molecule has 128 valence electrons. The van der Waals surface area contributed by atoms with Gasteiger partial charge in [-0.25, -0.2) is 0 Å². The number of hydrogen-bond donors (Lipinski definition) is 2. The highest BCUT2D eigenvalue weighted by Gasteiger charge is 2.26. The second-order valence-electron chi connectivity index (χ2n) is 5.54. The van der Waals surface area contributed by atoms with E-state index in [1.807, 2.05) is 6.07 Å². The summed E-state index contributed by atoms with van der Waals surface area (Å²) in [5, 5.41) is 5.38. The van der Waals surface area contributed by atoms with Gasteiger partial charge in [-0.2, -0.15) is 0 Å². The summed E-state index contributed by atoms with van der Waals surface area (Å²) >= 11 is 0. The van der Waals surface area contributed by atoms with Crippen molar-refractivity contribution in [2.75, 3.05) is 28.7 Å². The Morgan fingerprint density at radius 3 is 2.36 bits per heavy atom. The molecule has 2 aromatic carbocycles. The molecule has 7 nitrogen and oxygen atoms in total. The average molecular weight is 339 g/mol. The van der Waals surface area contributed by atoms with Crippen molar-refractivity contribution in [1.29, 1.82) is 0 Å². The molecule has 1 heterocycles. The molecule has 0 atom stereocenters. The lowest BCUT2D eigenvalue weighted by Crippen LogP contribution is -2.43. The molecule has 0 saturated carbocycles. The molecule has 3 amide bonds. The van der Waals surface area contributed by atoms with E-state index >= 15 is 0 Å². The molecule has 2 N–H and O–H groups in total. The van der Waals surface area contributed by atoms with Crippen molar-refractivity contribution in [2.45, 2.75) is 6.92 Å². The zero-order valence-electron chi connectivity index (χ0n) is 13.6. The standard InChI is InChI=1S/C18H17N3O4/c1-12(22)19-13-6-8-14(9-7-13)20-17(23)10-21-15-4-2-3-5-16(15)25-11-18(21)24/h2-9H,10-11H2,1H3,(H,19,22)(H,20,23). The van der Waals surface area contributed by atoms with Crippen LogP contribution in [0.2, 0.25) is 0 Å². The van der Waals surface area contributed by atoms with E-state index in [1.165, 1.54) is 11.8 Å². The highest BCUT2D eigenvalue weighted by molar-refractivity contribution is 6.05. The molecule has 1 aliphatic rings. The lowest BCUT2D eigenvalue weighted by Gasteiger charge is -2.28. The van der Waals surface area contributed by atoms with Crippen LogP contribution in [0.4, 0.5) is 17.1 Å². The Balaban J connectivity index is 1.66. The van der Waals surface area contributed by atoms with E-state index in [-0.39, 0.29) is 30.9 Å². The molecule has 25 heavy (non-hydrogen) atoms. The predicted molar refractivity (Wildman–Crippen MR) is 93.7 cm³/mol. The molecule has 0 bridgehead atoms. The van der Waals surface area contributed by atoms with Crippen LogP contribution in [0, 0.1) is 0 Å². The highest BCUT2D eigenvalue weighted by Crippen LogP contribution is 2.31. The lowest BCUT2D eigenvalue weighted by molar-refractivity contribution is -0.123. The first-order chi connectivity index (χ1) is 12.0. The third kappa shape index (κ3) is 3.95. The number of para-hydroxylation sites is 2. The molecule has 0 fully saturated rings. The smallest absolute Gasteiger partial charge is 0.265 e. The van der Waals surface area contributed by atoms with E-state index < -0.39 is 0 Å². The zero-order valence-corrected chi connectivity index (χ0v) is 13.6. The van der Waals surface area contributed by atoms with Gasteiger partial charge >= 0.3 is 0 Å². The Morgan fingerprint density at radius 2 is 1.68 bits per heavy atom. The van der Waals surface area contributed by atoms with Crippen molar-refractivity contribution >= 4 is 34.8 Å². The number of anilines is 3. The van der Waals surface area contributed by atoms with Gasteiger partial charge in [0.25, 0.3) is 5.91 Å². The quantitative estimate of drug-likeness (QED) is 0.892. The molecular weight excluding hydrogens is 322 g/mol. The third-order valence-corrected chi connectivity index (χ3v) is 3.60. The van der Waals surface area contributed by atoms with Gasteiger partial charge in [-0.1, -0.05) is 12.1 Å². The molecule has 0 unspecified atom stereocenters. The van der Waals surface area contributed by atoms with E-state index in [1.54, 1.807) is 42.5 Å². The van der Waals surface area contributed by atoms with E-state index in [0.717, 1.165) is 0 Å². The maximum Gasteiger partial charge on any atom is 0.265 e. The summed E-state index contributed by atoms with van der Waals surface area (Å²) in [5.41, 5.74) is 1.80. The van der Waals surface area contributed by atoms with E-state index in [2.05, 4.69) is 10.6 Å². The number of fused-ring (bicyclic) bond motifs is 1. The Labute approximate surface area is 144 Å². The molecule has 0 radical (unpaired) electrons. The fourth-order valence-corrected chi connectivity index (χ4v) is 2.51. The number of rotatable bonds is 4. The first-order valence-electron chi connectivity index (χ1n) is 7.72. The summed E-state index contributed by atoms with van der Waals surface area (Å²) in [5.74, 6) is -0.178. The molecule has 0 saturated heterocycles. The van der Waals surface area contributed by atoms with Gasteiger partial charge in [-0.15, -0.1) is 0 Å². The summed E-state index contributed by atoms with van der Waals surface area (Å²) in [6.07, 6.45) is 0. The Kier molecular flexibility index (Phi) is 4.65. The van der Waals surface area contributed by atoms with Crippen LogP contribution in [0.15, 0.2) is 48.5 Å². The first-order valence-corrected chi connectivity index (χ1v) is 7.72. The van der Waals surface area contributed by atoms with Crippen LogP contribution in [-0.4, -0.2) is 30.9 Å². The van der Waals surface area contributed by atoms with Crippen molar-refractivity contribution in [3.63, 3.8) is 0 Å².